The summed E-state index contributed by atoms with van der Waals surface area (Å²) in [5.74, 6) is 2.18. The van der Waals surface area contributed by atoms with Crippen LogP contribution < -0.4 is 10.2 Å². The minimum absolute atomic E-state index is 0.751. The minimum atomic E-state index is 0.751. The van der Waals surface area contributed by atoms with Gasteiger partial charge in [0, 0.05) is 38.8 Å². The molecule has 0 saturated heterocycles. The fourth-order valence-electron chi connectivity index (χ4n) is 3.75. The van der Waals surface area contributed by atoms with Gasteiger partial charge in [-0.2, -0.15) is 5.10 Å². The maximum Gasteiger partial charge on any atom is 0.131 e. The Morgan fingerprint density at radius 1 is 1.19 bits per heavy atom. The third kappa shape index (κ3) is 3.60. The lowest BCUT2D eigenvalue weighted by atomic mass is 9.89. The number of nitrogens with one attached hydrogen (secondary N) is 1. The summed E-state index contributed by atoms with van der Waals surface area (Å²) in [4.78, 5) is 2.44. The Hall–Kier alpha value is -1.03. The van der Waals surface area contributed by atoms with Crippen LogP contribution in [-0.4, -0.2) is 29.4 Å². The van der Waals surface area contributed by atoms with Crippen LogP contribution in [0.1, 0.15) is 56.2 Å². The van der Waals surface area contributed by atoms with Crippen LogP contribution in [0.5, 0.6) is 0 Å². The number of anilines is 1. The highest BCUT2D eigenvalue weighted by Crippen LogP contribution is 2.29. The fraction of sp³-hybridized carbons (Fsp3) is 0.824. The lowest BCUT2D eigenvalue weighted by Gasteiger charge is -2.29. The minimum Gasteiger partial charge on any atom is -0.359 e. The zero-order valence-electron chi connectivity index (χ0n) is 13.9. The van der Waals surface area contributed by atoms with E-state index in [1.807, 2.05) is 0 Å². The van der Waals surface area contributed by atoms with Crippen molar-refractivity contribution in [2.75, 3.05) is 18.5 Å². The van der Waals surface area contributed by atoms with Crippen LogP contribution in [0.3, 0.4) is 0 Å². The highest BCUT2D eigenvalue weighted by atomic mass is 15.4. The second-order valence-corrected chi connectivity index (χ2v) is 7.05. The summed E-state index contributed by atoms with van der Waals surface area (Å²) in [5, 5.41) is 8.30. The normalized spacial score (nSPS) is 20.0. The van der Waals surface area contributed by atoms with Gasteiger partial charge in [-0.05, 0) is 38.5 Å². The molecule has 118 valence electrons. The van der Waals surface area contributed by atoms with E-state index in [1.54, 1.807) is 0 Å². The molecule has 1 aromatic rings. The van der Waals surface area contributed by atoms with Gasteiger partial charge in [-0.15, -0.1) is 0 Å². The summed E-state index contributed by atoms with van der Waals surface area (Å²) in [5.41, 5.74) is 2.57. The Bertz CT molecular complexity index is 469. The van der Waals surface area contributed by atoms with Gasteiger partial charge in [0.1, 0.15) is 5.82 Å². The van der Waals surface area contributed by atoms with Gasteiger partial charge in [-0.1, -0.05) is 19.3 Å². The van der Waals surface area contributed by atoms with Crippen LogP contribution in [0.15, 0.2) is 0 Å². The predicted molar refractivity (Wildman–Crippen MR) is 87.7 cm³/mol. The number of rotatable bonds is 6. The van der Waals surface area contributed by atoms with E-state index in [-0.39, 0.29) is 0 Å². The zero-order valence-corrected chi connectivity index (χ0v) is 13.9. The molecule has 2 aliphatic carbocycles. The van der Waals surface area contributed by atoms with Crippen molar-refractivity contribution >= 4 is 5.82 Å². The number of nitrogens with zero attached hydrogens (tertiary/aromatic N) is 3. The highest BCUT2D eigenvalue weighted by Gasteiger charge is 2.24. The number of hydrogen-bond donors (Lipinski definition) is 1. The zero-order chi connectivity index (χ0) is 14.8. The number of hydrogen-bond acceptors (Lipinski definition) is 3. The average molecular weight is 290 g/mol. The second-order valence-electron chi connectivity index (χ2n) is 7.05. The van der Waals surface area contributed by atoms with Crippen LogP contribution >= 0.6 is 0 Å². The highest BCUT2D eigenvalue weighted by molar-refractivity contribution is 5.49. The summed E-state index contributed by atoms with van der Waals surface area (Å²) < 4.78 is 2.07. The first kappa shape index (κ1) is 14.9. The Morgan fingerprint density at radius 2 is 1.90 bits per heavy atom. The molecule has 21 heavy (non-hydrogen) atoms. The molecule has 0 spiro atoms. The van der Waals surface area contributed by atoms with E-state index in [0.717, 1.165) is 18.5 Å². The van der Waals surface area contributed by atoms with E-state index in [0.29, 0.717) is 0 Å². The molecule has 3 rings (SSSR count). The molecule has 1 N–H and O–H groups in total. The van der Waals surface area contributed by atoms with E-state index in [2.05, 4.69) is 41.0 Å². The van der Waals surface area contributed by atoms with Crippen molar-refractivity contribution in [3.05, 3.63) is 11.3 Å². The smallest absolute Gasteiger partial charge is 0.131 e. The van der Waals surface area contributed by atoms with Gasteiger partial charge in [0.15, 0.2) is 0 Å². The lowest BCUT2D eigenvalue weighted by Crippen LogP contribution is -2.29. The molecular formula is C17H30N4. The summed E-state index contributed by atoms with van der Waals surface area (Å²) in [6, 6.07) is 0.751. The van der Waals surface area contributed by atoms with Crippen molar-refractivity contribution in [3.8, 4) is 0 Å². The van der Waals surface area contributed by atoms with Crippen LogP contribution in [0, 0.1) is 12.8 Å². The molecule has 2 saturated carbocycles. The molecule has 0 unspecified atom stereocenters. The maximum absolute atomic E-state index is 4.66. The van der Waals surface area contributed by atoms with Crippen LogP contribution in [0.2, 0.25) is 0 Å². The Labute approximate surface area is 128 Å². The van der Waals surface area contributed by atoms with Gasteiger partial charge in [0.2, 0.25) is 0 Å². The van der Waals surface area contributed by atoms with Crippen molar-refractivity contribution in [2.24, 2.45) is 13.0 Å². The predicted octanol–water partition coefficient (Wildman–Crippen LogP) is 3.00. The SMILES string of the molecule is Cc1nn(C)c(N(C)CC2CCCCC2)c1CNC1CC1. The Balaban J connectivity index is 1.69. The maximum atomic E-state index is 4.66. The standard InChI is InChI=1S/C17H30N4/c1-13-16(11-18-15-9-10-15)17(21(3)19-13)20(2)12-14-7-5-4-6-8-14/h14-15,18H,4-12H2,1-3H3. The second kappa shape index (κ2) is 6.39. The average Bonchev–Trinajstić information content (AvgIpc) is 3.23. The number of aryl methyl sites for hydroxylation is 2. The van der Waals surface area contributed by atoms with Crippen molar-refractivity contribution in [1.82, 2.24) is 15.1 Å². The van der Waals surface area contributed by atoms with E-state index in [9.17, 15) is 0 Å². The third-order valence-electron chi connectivity index (χ3n) is 5.08. The van der Waals surface area contributed by atoms with Gasteiger partial charge in [0.05, 0.1) is 5.69 Å². The summed E-state index contributed by atoms with van der Waals surface area (Å²) in [6.07, 6.45) is 9.74. The van der Waals surface area contributed by atoms with Crippen LogP contribution in [0.25, 0.3) is 0 Å². The molecule has 0 amide bonds. The van der Waals surface area contributed by atoms with Crippen molar-refractivity contribution in [3.63, 3.8) is 0 Å². The van der Waals surface area contributed by atoms with Crippen molar-refractivity contribution < 1.29 is 0 Å². The molecule has 4 nitrogen and oxygen atoms in total. The van der Waals surface area contributed by atoms with Crippen molar-refractivity contribution in [1.29, 1.82) is 0 Å². The van der Waals surface area contributed by atoms with E-state index < -0.39 is 0 Å². The quantitative estimate of drug-likeness (QED) is 0.874. The first-order valence-electron chi connectivity index (χ1n) is 8.62. The summed E-state index contributed by atoms with van der Waals surface area (Å²) >= 11 is 0. The molecule has 1 aromatic heterocycles. The molecule has 2 aliphatic rings. The summed E-state index contributed by atoms with van der Waals surface area (Å²) in [7, 11) is 4.33. The largest absolute Gasteiger partial charge is 0.359 e. The lowest BCUT2D eigenvalue weighted by molar-refractivity contribution is 0.360. The monoisotopic (exact) mass is 290 g/mol. The number of aromatic nitrogens is 2. The van der Waals surface area contributed by atoms with Gasteiger partial charge >= 0.3 is 0 Å². The van der Waals surface area contributed by atoms with E-state index in [4.69, 9.17) is 0 Å². The first-order valence-corrected chi connectivity index (χ1v) is 8.62. The van der Waals surface area contributed by atoms with E-state index >= 15 is 0 Å². The topological polar surface area (TPSA) is 33.1 Å². The summed E-state index contributed by atoms with van der Waals surface area (Å²) in [6.45, 7) is 4.28. The molecule has 0 bridgehead atoms. The van der Waals surface area contributed by atoms with Gasteiger partial charge < -0.3 is 10.2 Å². The fourth-order valence-corrected chi connectivity index (χ4v) is 3.75. The molecule has 0 aromatic carbocycles. The molecule has 1 heterocycles. The van der Waals surface area contributed by atoms with Crippen LogP contribution in [0.4, 0.5) is 5.82 Å². The molecule has 0 aliphatic heterocycles. The van der Waals surface area contributed by atoms with Crippen LogP contribution in [-0.2, 0) is 13.6 Å². The molecule has 4 heteroatoms. The van der Waals surface area contributed by atoms with Crippen molar-refractivity contribution in [2.45, 2.75) is 64.5 Å². The van der Waals surface area contributed by atoms with Gasteiger partial charge in [0.25, 0.3) is 0 Å². The molecule has 0 atom stereocenters. The van der Waals surface area contributed by atoms with Gasteiger partial charge in [-0.3, -0.25) is 4.68 Å². The van der Waals surface area contributed by atoms with Gasteiger partial charge in [-0.25, -0.2) is 0 Å². The van der Waals surface area contributed by atoms with E-state index in [1.165, 1.54) is 68.6 Å². The molecule has 2 fully saturated rings. The first-order chi connectivity index (χ1) is 10.1. The third-order valence-corrected chi connectivity index (χ3v) is 5.08. The molecular weight excluding hydrogens is 260 g/mol. The Kier molecular flexibility index (Phi) is 4.53. The molecule has 0 radical (unpaired) electrons. The Morgan fingerprint density at radius 3 is 2.57 bits per heavy atom.